The summed E-state index contributed by atoms with van der Waals surface area (Å²) in [6, 6.07) is 56.9. The minimum atomic E-state index is 0.136. The van der Waals surface area contributed by atoms with Gasteiger partial charge in [-0.25, -0.2) is 4.98 Å². The Morgan fingerprint density at radius 3 is 1.71 bits per heavy atom. The van der Waals surface area contributed by atoms with Crippen LogP contribution >= 0.6 is 0 Å². The molecule has 9 rings (SSSR count). The Bertz CT molecular complexity index is 2790. The van der Waals surface area contributed by atoms with Crippen molar-refractivity contribution < 1.29 is 0 Å². The van der Waals surface area contributed by atoms with Crippen molar-refractivity contribution in [2.24, 2.45) is 0 Å². The number of benzene rings is 6. The van der Waals surface area contributed by atoms with Crippen LogP contribution in [-0.2, 0) is 0 Å². The van der Waals surface area contributed by atoms with Crippen molar-refractivity contribution in [2.45, 2.75) is 0 Å². The van der Waals surface area contributed by atoms with Crippen LogP contribution in [0.5, 0.6) is 0 Å². The third-order valence-corrected chi connectivity index (χ3v) is 9.24. The Labute approximate surface area is 276 Å². The van der Waals surface area contributed by atoms with Crippen molar-refractivity contribution in [1.29, 1.82) is 10.5 Å². The van der Waals surface area contributed by atoms with Crippen LogP contribution in [0.1, 0.15) is 11.3 Å². The number of aromatic nitrogens is 3. The van der Waals surface area contributed by atoms with Crippen LogP contribution in [0.25, 0.3) is 77.4 Å². The van der Waals surface area contributed by atoms with E-state index in [1.54, 1.807) is 12.1 Å². The molecular weight excluding hydrogens is 587 g/mol. The maximum atomic E-state index is 9.48. The third kappa shape index (κ3) is 4.20. The molecule has 3 aromatic heterocycles. The lowest BCUT2D eigenvalue weighted by Gasteiger charge is -2.11. The van der Waals surface area contributed by atoms with Gasteiger partial charge in [0.2, 0.25) is 0 Å². The molecule has 9 aromatic rings. The molecule has 222 valence electrons. The number of para-hydroxylation sites is 3. The second kappa shape index (κ2) is 10.8. The number of fused-ring (bicyclic) bond motifs is 6. The highest BCUT2D eigenvalue weighted by molar-refractivity contribution is 6.12. The summed E-state index contributed by atoms with van der Waals surface area (Å²) in [4.78, 5) is 4.44. The van der Waals surface area contributed by atoms with Gasteiger partial charge in [-0.2, -0.15) is 10.5 Å². The van der Waals surface area contributed by atoms with Gasteiger partial charge in [-0.05, 0) is 77.9 Å². The predicted molar refractivity (Wildman–Crippen MR) is 193 cm³/mol. The molecule has 0 atom stereocenters. The minimum absolute atomic E-state index is 0.136. The summed E-state index contributed by atoms with van der Waals surface area (Å²) in [6.07, 6.45) is 0. The summed E-state index contributed by atoms with van der Waals surface area (Å²) < 4.78 is 4.65. The molecule has 0 saturated carbocycles. The predicted octanol–water partition coefficient (Wildman–Crippen LogP) is 10.4. The van der Waals surface area contributed by atoms with E-state index in [2.05, 4.69) is 142 Å². The Morgan fingerprint density at radius 1 is 0.417 bits per heavy atom. The first-order valence-electron chi connectivity index (χ1n) is 15.8. The maximum absolute atomic E-state index is 9.48. The monoisotopic (exact) mass is 611 g/mol. The van der Waals surface area contributed by atoms with Crippen LogP contribution in [-0.4, -0.2) is 14.1 Å². The van der Waals surface area contributed by atoms with E-state index in [4.69, 9.17) is 0 Å². The van der Waals surface area contributed by atoms with Gasteiger partial charge in [0.15, 0.2) is 5.69 Å². The fourth-order valence-corrected chi connectivity index (χ4v) is 7.01. The lowest BCUT2D eigenvalue weighted by atomic mass is 10.0. The fourth-order valence-electron chi connectivity index (χ4n) is 7.01. The quantitative estimate of drug-likeness (QED) is 0.199. The molecular formula is C43H25N5. The van der Waals surface area contributed by atoms with Crippen molar-refractivity contribution in [3.63, 3.8) is 0 Å². The molecule has 0 radical (unpaired) electrons. The van der Waals surface area contributed by atoms with Crippen LogP contribution < -0.4 is 0 Å². The average molecular weight is 612 g/mol. The van der Waals surface area contributed by atoms with E-state index in [9.17, 15) is 10.5 Å². The Morgan fingerprint density at radius 2 is 0.979 bits per heavy atom. The van der Waals surface area contributed by atoms with Gasteiger partial charge in [0.1, 0.15) is 12.1 Å². The molecule has 48 heavy (non-hydrogen) atoms. The van der Waals surface area contributed by atoms with E-state index in [1.807, 2.05) is 24.3 Å². The molecule has 3 heterocycles. The number of pyridine rings is 1. The third-order valence-electron chi connectivity index (χ3n) is 9.24. The van der Waals surface area contributed by atoms with E-state index in [0.717, 1.165) is 39.1 Å². The number of nitrogens with zero attached hydrogens (tertiary/aromatic N) is 5. The fraction of sp³-hybridized carbons (Fsp3) is 0. The normalized spacial score (nSPS) is 11.3. The first-order chi connectivity index (χ1) is 23.7. The second-order valence-corrected chi connectivity index (χ2v) is 11.9. The van der Waals surface area contributed by atoms with Crippen molar-refractivity contribution in [3.8, 4) is 45.9 Å². The molecule has 5 nitrogen and oxygen atoms in total. The standard InChI is InChI=1S/C43H25N5/c44-26-31-17-22-38(46-39(31)27-45)28-14-19-33(20-15-28)48-40-12-6-4-10-34(40)36-21-16-30(25-43(36)48)29-18-23-42-37(24-29)35-11-5-7-13-41(35)47(42)32-8-2-1-3-9-32/h1-25H. The number of rotatable bonds is 4. The highest BCUT2D eigenvalue weighted by Gasteiger charge is 2.16. The lowest BCUT2D eigenvalue weighted by molar-refractivity contribution is 1.18. The van der Waals surface area contributed by atoms with Crippen LogP contribution in [0.3, 0.4) is 0 Å². The summed E-state index contributed by atoms with van der Waals surface area (Å²) in [6.45, 7) is 0. The van der Waals surface area contributed by atoms with Crippen LogP contribution in [0.4, 0.5) is 0 Å². The summed E-state index contributed by atoms with van der Waals surface area (Å²) in [5.41, 5.74) is 11.0. The second-order valence-electron chi connectivity index (χ2n) is 11.9. The molecule has 0 bridgehead atoms. The van der Waals surface area contributed by atoms with Crippen LogP contribution in [0, 0.1) is 22.7 Å². The molecule has 0 aliphatic carbocycles. The van der Waals surface area contributed by atoms with Gasteiger partial charge in [-0.15, -0.1) is 0 Å². The zero-order chi connectivity index (χ0) is 32.2. The zero-order valence-electron chi connectivity index (χ0n) is 25.7. The summed E-state index contributed by atoms with van der Waals surface area (Å²) in [5.74, 6) is 0. The number of hydrogen-bond acceptors (Lipinski definition) is 3. The van der Waals surface area contributed by atoms with Crippen LogP contribution in [0.2, 0.25) is 0 Å². The Balaban J connectivity index is 1.19. The van der Waals surface area contributed by atoms with Crippen molar-refractivity contribution >= 4 is 43.6 Å². The number of nitriles is 2. The highest BCUT2D eigenvalue weighted by atomic mass is 15.0. The molecule has 0 aliphatic heterocycles. The summed E-state index contributed by atoms with van der Waals surface area (Å²) in [7, 11) is 0. The van der Waals surface area contributed by atoms with E-state index < -0.39 is 0 Å². The Hall–Kier alpha value is -6.95. The van der Waals surface area contributed by atoms with E-state index in [1.165, 1.54) is 32.6 Å². The van der Waals surface area contributed by atoms with Gasteiger partial charge in [0, 0.05) is 38.5 Å². The maximum Gasteiger partial charge on any atom is 0.158 e. The summed E-state index contributed by atoms with van der Waals surface area (Å²) >= 11 is 0. The van der Waals surface area contributed by atoms with Gasteiger partial charge in [0.25, 0.3) is 0 Å². The van der Waals surface area contributed by atoms with Gasteiger partial charge < -0.3 is 9.13 Å². The molecule has 5 heteroatoms. The smallest absolute Gasteiger partial charge is 0.158 e. The average Bonchev–Trinajstić information content (AvgIpc) is 3.67. The van der Waals surface area contributed by atoms with E-state index >= 15 is 0 Å². The molecule has 0 N–H and O–H groups in total. The topological polar surface area (TPSA) is 70.3 Å². The highest BCUT2D eigenvalue weighted by Crippen LogP contribution is 2.38. The van der Waals surface area contributed by atoms with Gasteiger partial charge >= 0.3 is 0 Å². The summed E-state index contributed by atoms with van der Waals surface area (Å²) in [5, 5.41) is 23.6. The molecule has 0 saturated heterocycles. The first-order valence-corrected chi connectivity index (χ1v) is 15.8. The van der Waals surface area contributed by atoms with Crippen molar-refractivity contribution in [2.75, 3.05) is 0 Å². The molecule has 0 fully saturated rings. The van der Waals surface area contributed by atoms with E-state index in [0.29, 0.717) is 5.69 Å². The molecule has 0 aliphatic rings. The van der Waals surface area contributed by atoms with Crippen molar-refractivity contribution in [1.82, 2.24) is 14.1 Å². The largest absolute Gasteiger partial charge is 0.309 e. The van der Waals surface area contributed by atoms with Crippen LogP contribution in [0.15, 0.2) is 152 Å². The van der Waals surface area contributed by atoms with Crippen molar-refractivity contribution in [3.05, 3.63) is 163 Å². The minimum Gasteiger partial charge on any atom is -0.309 e. The Kier molecular flexibility index (Phi) is 6.18. The SMILES string of the molecule is N#Cc1ccc(-c2ccc(-n3c4ccccc4c4ccc(-c5ccc6c(c5)c5ccccc5n6-c5ccccc5)cc43)cc2)nc1C#N. The van der Waals surface area contributed by atoms with Gasteiger partial charge in [-0.3, -0.25) is 0 Å². The zero-order valence-corrected chi connectivity index (χ0v) is 25.7. The molecule has 6 aromatic carbocycles. The number of hydrogen-bond donors (Lipinski definition) is 0. The lowest BCUT2D eigenvalue weighted by Crippen LogP contribution is -1.95. The van der Waals surface area contributed by atoms with Gasteiger partial charge in [-0.1, -0.05) is 84.9 Å². The molecule has 0 spiro atoms. The molecule has 0 amide bonds. The van der Waals surface area contributed by atoms with E-state index in [-0.39, 0.29) is 11.3 Å². The molecule has 0 unspecified atom stereocenters. The first kappa shape index (κ1) is 27.4. The van der Waals surface area contributed by atoms with Gasteiger partial charge in [0.05, 0.1) is 33.3 Å².